The van der Waals surface area contributed by atoms with Gasteiger partial charge in [-0.2, -0.15) is 0 Å². The van der Waals surface area contributed by atoms with Crippen LogP contribution in [0.1, 0.15) is 50.8 Å². The van der Waals surface area contributed by atoms with Crippen LogP contribution in [-0.2, 0) is 11.2 Å². The van der Waals surface area contributed by atoms with E-state index in [1.807, 2.05) is 0 Å². The van der Waals surface area contributed by atoms with Crippen molar-refractivity contribution in [2.45, 2.75) is 56.0 Å². The Kier molecular flexibility index (Phi) is 3.69. The Hall–Kier alpha value is -1.49. The van der Waals surface area contributed by atoms with Crippen molar-refractivity contribution in [3.05, 3.63) is 35.4 Å². The molecule has 1 aromatic heterocycles. The summed E-state index contributed by atoms with van der Waals surface area (Å²) in [5, 5.41) is 9.15. The Labute approximate surface area is 130 Å². The van der Waals surface area contributed by atoms with Crippen molar-refractivity contribution >= 4 is 17.7 Å². The fraction of sp³-hybridized carbons (Fsp3) is 0.500. The number of nitrogens with two attached hydrogens (primary N) is 1. The summed E-state index contributed by atoms with van der Waals surface area (Å²) in [4.78, 5) is 0. The highest BCUT2D eigenvalue weighted by atomic mass is 32.2. The van der Waals surface area contributed by atoms with Gasteiger partial charge in [-0.05, 0) is 29.4 Å². The molecule has 3 rings (SSSR count). The second-order valence-electron chi connectivity index (χ2n) is 6.68. The minimum atomic E-state index is 0.201. The van der Waals surface area contributed by atoms with Crippen LogP contribution in [-0.4, -0.2) is 14.8 Å². The average Bonchev–Trinajstić information content (AvgIpc) is 3.20. The van der Waals surface area contributed by atoms with Crippen LogP contribution in [0.3, 0.4) is 0 Å². The van der Waals surface area contributed by atoms with Gasteiger partial charge in [-0.15, -0.1) is 10.2 Å². The minimum absolute atomic E-state index is 0.201. The minimum Gasteiger partial charge on any atom is -0.368 e. The van der Waals surface area contributed by atoms with E-state index in [1.165, 1.54) is 24.0 Å². The van der Waals surface area contributed by atoms with Crippen LogP contribution in [0.4, 0.5) is 5.95 Å². The van der Waals surface area contributed by atoms with Gasteiger partial charge < -0.3 is 5.73 Å². The maximum atomic E-state index is 5.90. The molecule has 2 N–H and O–H groups in total. The maximum Gasteiger partial charge on any atom is 0.222 e. The molecule has 1 fully saturated rings. The quantitative estimate of drug-likeness (QED) is 0.873. The van der Waals surface area contributed by atoms with Gasteiger partial charge in [0.05, 0.1) is 0 Å². The largest absolute Gasteiger partial charge is 0.368 e. The van der Waals surface area contributed by atoms with Gasteiger partial charge in [0.2, 0.25) is 5.95 Å². The first-order chi connectivity index (χ1) is 9.95. The van der Waals surface area contributed by atoms with E-state index in [9.17, 15) is 0 Å². The molecule has 1 saturated carbocycles. The lowest BCUT2D eigenvalue weighted by Gasteiger charge is -2.19. The summed E-state index contributed by atoms with van der Waals surface area (Å²) < 4.78 is 2.08. The number of nitrogen functional groups attached to an aromatic ring is 1. The molecule has 0 radical (unpaired) electrons. The van der Waals surface area contributed by atoms with Crippen LogP contribution in [0, 0.1) is 0 Å². The van der Waals surface area contributed by atoms with Crippen molar-refractivity contribution in [2.75, 3.05) is 5.73 Å². The summed E-state index contributed by atoms with van der Waals surface area (Å²) in [6.45, 7) is 6.70. The van der Waals surface area contributed by atoms with Gasteiger partial charge in [-0.1, -0.05) is 56.8 Å². The predicted molar refractivity (Wildman–Crippen MR) is 87.4 cm³/mol. The molecule has 1 aliphatic rings. The monoisotopic (exact) mass is 302 g/mol. The van der Waals surface area contributed by atoms with Crippen LogP contribution in [0.25, 0.3) is 0 Å². The van der Waals surface area contributed by atoms with E-state index in [1.54, 1.807) is 11.8 Å². The van der Waals surface area contributed by atoms with E-state index >= 15 is 0 Å². The highest BCUT2D eigenvalue weighted by molar-refractivity contribution is 7.98. The highest BCUT2D eigenvalue weighted by Crippen LogP contribution is 2.39. The first-order valence-electron chi connectivity index (χ1n) is 7.38. The molecule has 5 heteroatoms. The summed E-state index contributed by atoms with van der Waals surface area (Å²) in [5.74, 6) is 1.44. The van der Waals surface area contributed by atoms with Crippen molar-refractivity contribution in [3.63, 3.8) is 0 Å². The van der Waals surface area contributed by atoms with Crippen molar-refractivity contribution in [2.24, 2.45) is 0 Å². The Bertz CT molecular complexity index is 621. The second kappa shape index (κ2) is 5.37. The molecule has 0 bridgehead atoms. The number of rotatable bonds is 4. The third-order valence-electron chi connectivity index (χ3n) is 3.79. The summed E-state index contributed by atoms with van der Waals surface area (Å²) in [6, 6.07) is 9.36. The molecule has 1 aliphatic carbocycles. The highest BCUT2D eigenvalue weighted by Gasteiger charge is 2.28. The van der Waals surface area contributed by atoms with Crippen LogP contribution in [0.5, 0.6) is 0 Å². The molecular formula is C16H22N4S. The van der Waals surface area contributed by atoms with Gasteiger partial charge in [-0.3, -0.25) is 4.57 Å². The van der Waals surface area contributed by atoms with Crippen LogP contribution in [0.15, 0.2) is 29.4 Å². The number of benzene rings is 1. The SMILES string of the molecule is CC(C)(C)c1ccc(CSc2nnc(N)n2C2CC2)cc1. The summed E-state index contributed by atoms with van der Waals surface area (Å²) in [7, 11) is 0. The van der Waals surface area contributed by atoms with E-state index in [0.29, 0.717) is 12.0 Å². The molecule has 112 valence electrons. The Morgan fingerprint density at radius 3 is 2.43 bits per heavy atom. The molecule has 0 unspecified atom stereocenters. The fourth-order valence-electron chi connectivity index (χ4n) is 2.31. The van der Waals surface area contributed by atoms with E-state index in [-0.39, 0.29) is 5.41 Å². The van der Waals surface area contributed by atoms with Crippen LogP contribution in [0.2, 0.25) is 0 Å². The molecule has 1 aromatic carbocycles. The normalized spacial score (nSPS) is 15.4. The standard InChI is InChI=1S/C16H22N4S/c1-16(2,3)12-6-4-11(5-7-12)10-21-15-19-18-14(17)20(15)13-8-9-13/h4-7,13H,8-10H2,1-3H3,(H2,17,18). The number of hydrogen-bond donors (Lipinski definition) is 1. The van der Waals surface area contributed by atoms with Crippen molar-refractivity contribution < 1.29 is 0 Å². The van der Waals surface area contributed by atoms with Crippen LogP contribution < -0.4 is 5.73 Å². The fourth-order valence-corrected chi connectivity index (χ4v) is 3.28. The third-order valence-corrected chi connectivity index (χ3v) is 4.81. The lowest BCUT2D eigenvalue weighted by Crippen LogP contribution is -2.10. The van der Waals surface area contributed by atoms with E-state index in [4.69, 9.17) is 5.73 Å². The number of anilines is 1. The second-order valence-corrected chi connectivity index (χ2v) is 7.62. The van der Waals surface area contributed by atoms with Gasteiger partial charge in [0, 0.05) is 11.8 Å². The lowest BCUT2D eigenvalue weighted by atomic mass is 9.87. The first-order valence-corrected chi connectivity index (χ1v) is 8.36. The molecule has 0 saturated heterocycles. The van der Waals surface area contributed by atoms with Gasteiger partial charge in [-0.25, -0.2) is 0 Å². The molecule has 1 heterocycles. The lowest BCUT2D eigenvalue weighted by molar-refractivity contribution is 0.590. The molecule has 2 aromatic rings. The number of nitrogens with zero attached hydrogens (tertiary/aromatic N) is 3. The zero-order chi connectivity index (χ0) is 15.0. The van der Waals surface area contributed by atoms with E-state index in [2.05, 4.69) is 59.8 Å². The third kappa shape index (κ3) is 3.23. The molecule has 0 spiro atoms. The summed E-state index contributed by atoms with van der Waals surface area (Å²) >= 11 is 1.71. The zero-order valence-corrected chi connectivity index (χ0v) is 13.7. The topological polar surface area (TPSA) is 56.7 Å². The average molecular weight is 302 g/mol. The Morgan fingerprint density at radius 1 is 1.19 bits per heavy atom. The molecule has 0 atom stereocenters. The summed E-state index contributed by atoms with van der Waals surface area (Å²) in [6.07, 6.45) is 2.38. The summed E-state index contributed by atoms with van der Waals surface area (Å²) in [5.41, 5.74) is 8.76. The zero-order valence-electron chi connectivity index (χ0n) is 12.8. The number of aromatic nitrogens is 3. The smallest absolute Gasteiger partial charge is 0.222 e. The van der Waals surface area contributed by atoms with Gasteiger partial charge >= 0.3 is 0 Å². The molecule has 0 aliphatic heterocycles. The molecular weight excluding hydrogens is 280 g/mol. The van der Waals surface area contributed by atoms with Gasteiger partial charge in [0.25, 0.3) is 0 Å². The number of thioether (sulfide) groups is 1. The van der Waals surface area contributed by atoms with E-state index in [0.717, 1.165) is 10.9 Å². The maximum absolute atomic E-state index is 5.90. The molecule has 4 nitrogen and oxygen atoms in total. The van der Waals surface area contributed by atoms with Gasteiger partial charge in [0.1, 0.15) is 0 Å². The van der Waals surface area contributed by atoms with Crippen molar-refractivity contribution in [3.8, 4) is 0 Å². The van der Waals surface area contributed by atoms with Crippen molar-refractivity contribution in [1.29, 1.82) is 0 Å². The Morgan fingerprint density at radius 2 is 1.86 bits per heavy atom. The van der Waals surface area contributed by atoms with Crippen LogP contribution >= 0.6 is 11.8 Å². The Balaban J connectivity index is 1.68. The van der Waals surface area contributed by atoms with Gasteiger partial charge in [0.15, 0.2) is 5.16 Å². The first kappa shape index (κ1) is 14.4. The van der Waals surface area contributed by atoms with Crippen molar-refractivity contribution in [1.82, 2.24) is 14.8 Å². The number of hydrogen-bond acceptors (Lipinski definition) is 4. The van der Waals surface area contributed by atoms with E-state index < -0.39 is 0 Å². The predicted octanol–water partition coefficient (Wildman–Crippen LogP) is 3.79. The molecule has 21 heavy (non-hydrogen) atoms. The molecule has 0 amide bonds.